The minimum atomic E-state index is -0.426. The van der Waals surface area contributed by atoms with Crippen LogP contribution in [-0.4, -0.2) is 52.0 Å². The van der Waals surface area contributed by atoms with Crippen molar-refractivity contribution in [1.82, 2.24) is 9.80 Å². The molecule has 1 aliphatic heterocycles. The molecule has 0 saturated heterocycles. The van der Waals surface area contributed by atoms with Crippen LogP contribution in [0.5, 0.6) is 17.2 Å². The van der Waals surface area contributed by atoms with Gasteiger partial charge in [-0.25, -0.2) is 0 Å². The average Bonchev–Trinajstić information content (AvgIpc) is 3.23. The Morgan fingerprint density at radius 1 is 1.09 bits per heavy atom. The van der Waals surface area contributed by atoms with Crippen LogP contribution in [0.1, 0.15) is 64.4 Å². The first kappa shape index (κ1) is 23.9. The summed E-state index contributed by atoms with van der Waals surface area (Å²) >= 11 is 0. The van der Waals surface area contributed by atoms with Crippen LogP contribution in [0.2, 0.25) is 0 Å². The van der Waals surface area contributed by atoms with Crippen LogP contribution in [0, 0.1) is 11.3 Å². The summed E-state index contributed by atoms with van der Waals surface area (Å²) in [5.74, 6) is -0.886. The molecular formula is C25H29N3O5. The van der Waals surface area contributed by atoms with Gasteiger partial charge in [-0.1, -0.05) is 19.4 Å². The summed E-state index contributed by atoms with van der Waals surface area (Å²) in [5, 5.41) is 29.2. The van der Waals surface area contributed by atoms with Crippen LogP contribution in [-0.2, 0) is 13.1 Å². The van der Waals surface area contributed by atoms with Crippen LogP contribution < -0.4 is 4.74 Å². The fraction of sp³-hybridized carbons (Fsp3) is 0.400. The van der Waals surface area contributed by atoms with Gasteiger partial charge in [0.2, 0.25) is 0 Å². The summed E-state index contributed by atoms with van der Waals surface area (Å²) in [6.45, 7) is 3.69. The minimum absolute atomic E-state index is 0.0143. The van der Waals surface area contributed by atoms with E-state index >= 15 is 0 Å². The average molecular weight is 452 g/mol. The molecule has 8 heteroatoms. The monoisotopic (exact) mass is 451 g/mol. The summed E-state index contributed by atoms with van der Waals surface area (Å²) < 4.78 is 5.67. The SMILES string of the molecule is CCCCN(C)C(=O)c1cc(C(=O)N2Cc3ccc(OCCCC#N)cc3C2)c(O)cc1O. The van der Waals surface area contributed by atoms with Crippen molar-refractivity contribution in [2.45, 2.75) is 45.7 Å². The molecular weight excluding hydrogens is 422 g/mol. The maximum Gasteiger partial charge on any atom is 0.258 e. The van der Waals surface area contributed by atoms with Crippen molar-refractivity contribution in [2.75, 3.05) is 20.2 Å². The van der Waals surface area contributed by atoms with Crippen LogP contribution in [0.4, 0.5) is 0 Å². The number of rotatable bonds is 9. The van der Waals surface area contributed by atoms with Crippen molar-refractivity contribution in [3.05, 3.63) is 52.6 Å². The first-order valence-electron chi connectivity index (χ1n) is 11.1. The Hall–Kier alpha value is -3.73. The van der Waals surface area contributed by atoms with Crippen LogP contribution in [0.25, 0.3) is 0 Å². The van der Waals surface area contributed by atoms with Gasteiger partial charge in [0.25, 0.3) is 11.8 Å². The number of phenols is 2. The third-order valence-electron chi connectivity index (χ3n) is 5.66. The highest BCUT2D eigenvalue weighted by Crippen LogP contribution is 2.33. The lowest BCUT2D eigenvalue weighted by Crippen LogP contribution is -2.29. The molecule has 2 aromatic carbocycles. The van der Waals surface area contributed by atoms with Crippen molar-refractivity contribution in [1.29, 1.82) is 5.26 Å². The van der Waals surface area contributed by atoms with E-state index in [1.807, 2.05) is 25.1 Å². The van der Waals surface area contributed by atoms with Crippen molar-refractivity contribution < 1.29 is 24.5 Å². The number of nitrogens with zero attached hydrogens (tertiary/aromatic N) is 3. The molecule has 1 aliphatic rings. The number of benzene rings is 2. The molecule has 0 radical (unpaired) electrons. The Balaban J connectivity index is 1.75. The summed E-state index contributed by atoms with van der Waals surface area (Å²) in [6, 6.07) is 10.0. The second-order valence-electron chi connectivity index (χ2n) is 8.17. The van der Waals surface area contributed by atoms with Gasteiger partial charge in [0.05, 0.1) is 23.8 Å². The standard InChI is InChI=1S/C25H29N3O5/c1-3-4-10-27(2)24(31)20-13-21(23(30)14-22(20)29)25(32)28-15-17-7-8-19(12-18(17)16-28)33-11-6-5-9-26/h7-8,12-14,29-30H,3-6,10-11,15-16H2,1-2H3. The van der Waals surface area contributed by atoms with E-state index in [9.17, 15) is 19.8 Å². The lowest BCUT2D eigenvalue weighted by atomic mass is 10.1. The van der Waals surface area contributed by atoms with E-state index in [1.165, 1.54) is 11.0 Å². The van der Waals surface area contributed by atoms with E-state index in [0.717, 1.165) is 30.0 Å². The Labute approximate surface area is 193 Å². The number of hydrogen-bond acceptors (Lipinski definition) is 6. The van der Waals surface area contributed by atoms with Crippen LogP contribution in [0.15, 0.2) is 30.3 Å². The van der Waals surface area contributed by atoms with Crippen molar-refractivity contribution in [3.63, 3.8) is 0 Å². The number of unbranched alkanes of at least 4 members (excludes halogenated alkanes) is 2. The highest BCUT2D eigenvalue weighted by molar-refractivity contribution is 6.03. The summed E-state index contributed by atoms with van der Waals surface area (Å²) in [6.07, 6.45) is 2.82. The molecule has 0 bridgehead atoms. The van der Waals surface area contributed by atoms with Gasteiger partial charge >= 0.3 is 0 Å². The number of carbonyl (C=O) groups excluding carboxylic acids is 2. The number of amides is 2. The van der Waals surface area contributed by atoms with Crippen molar-refractivity contribution in [2.24, 2.45) is 0 Å². The quantitative estimate of drug-likeness (QED) is 0.561. The number of fused-ring (bicyclic) bond motifs is 1. The van der Waals surface area contributed by atoms with Gasteiger partial charge in [-0.3, -0.25) is 9.59 Å². The normalized spacial score (nSPS) is 12.2. The van der Waals surface area contributed by atoms with Gasteiger partial charge in [-0.15, -0.1) is 0 Å². The molecule has 0 fully saturated rings. The topological polar surface area (TPSA) is 114 Å². The van der Waals surface area contributed by atoms with E-state index in [1.54, 1.807) is 11.9 Å². The van der Waals surface area contributed by atoms with Crippen molar-refractivity contribution >= 4 is 11.8 Å². The minimum Gasteiger partial charge on any atom is -0.507 e. The van der Waals surface area contributed by atoms with Gasteiger partial charge in [-0.05, 0) is 42.2 Å². The predicted molar refractivity (Wildman–Crippen MR) is 122 cm³/mol. The maximum absolute atomic E-state index is 13.2. The Morgan fingerprint density at radius 2 is 1.82 bits per heavy atom. The molecule has 174 valence electrons. The first-order chi connectivity index (χ1) is 15.8. The summed E-state index contributed by atoms with van der Waals surface area (Å²) in [5.41, 5.74) is 1.87. The fourth-order valence-electron chi connectivity index (χ4n) is 3.74. The van der Waals surface area contributed by atoms with E-state index in [-0.39, 0.29) is 22.6 Å². The highest BCUT2D eigenvalue weighted by atomic mass is 16.5. The molecule has 1 heterocycles. The molecule has 0 atom stereocenters. The molecule has 2 N–H and O–H groups in total. The second kappa shape index (κ2) is 10.7. The molecule has 0 aliphatic carbocycles. The Kier molecular flexibility index (Phi) is 7.78. The Bertz CT molecular complexity index is 1080. The van der Waals surface area contributed by atoms with Gasteiger partial charge in [-0.2, -0.15) is 5.26 Å². The molecule has 0 unspecified atom stereocenters. The van der Waals surface area contributed by atoms with E-state index in [0.29, 0.717) is 44.8 Å². The highest BCUT2D eigenvalue weighted by Gasteiger charge is 2.28. The van der Waals surface area contributed by atoms with Gasteiger partial charge in [0.15, 0.2) is 0 Å². The van der Waals surface area contributed by atoms with Gasteiger partial charge < -0.3 is 24.7 Å². The second-order valence-corrected chi connectivity index (χ2v) is 8.17. The third kappa shape index (κ3) is 5.55. The zero-order chi connectivity index (χ0) is 24.0. The largest absolute Gasteiger partial charge is 0.507 e. The molecule has 2 aromatic rings. The van der Waals surface area contributed by atoms with Gasteiger partial charge in [0.1, 0.15) is 17.2 Å². The van der Waals surface area contributed by atoms with Crippen molar-refractivity contribution in [3.8, 4) is 23.3 Å². The zero-order valence-electron chi connectivity index (χ0n) is 19.0. The number of phenolic OH excluding ortho intramolecular Hbond substituents is 2. The molecule has 33 heavy (non-hydrogen) atoms. The zero-order valence-corrected chi connectivity index (χ0v) is 19.0. The van der Waals surface area contributed by atoms with Gasteiger partial charge in [0, 0.05) is 39.2 Å². The molecule has 0 aromatic heterocycles. The summed E-state index contributed by atoms with van der Waals surface area (Å²) in [4.78, 5) is 29.0. The van der Waals surface area contributed by atoms with E-state index in [4.69, 9.17) is 10.00 Å². The Morgan fingerprint density at radius 3 is 2.55 bits per heavy atom. The lowest BCUT2D eigenvalue weighted by molar-refractivity contribution is 0.0748. The number of ether oxygens (including phenoxy) is 1. The molecule has 3 rings (SSSR count). The third-order valence-corrected chi connectivity index (χ3v) is 5.66. The molecule has 0 spiro atoms. The first-order valence-corrected chi connectivity index (χ1v) is 11.1. The summed E-state index contributed by atoms with van der Waals surface area (Å²) in [7, 11) is 1.64. The fourth-order valence-corrected chi connectivity index (χ4v) is 3.74. The molecule has 2 amide bonds. The van der Waals surface area contributed by atoms with Crippen LogP contribution >= 0.6 is 0 Å². The van der Waals surface area contributed by atoms with E-state index < -0.39 is 11.8 Å². The van der Waals surface area contributed by atoms with E-state index in [2.05, 4.69) is 6.07 Å². The smallest absolute Gasteiger partial charge is 0.258 e. The number of aromatic hydroxyl groups is 2. The lowest BCUT2D eigenvalue weighted by Gasteiger charge is -2.20. The molecule has 8 nitrogen and oxygen atoms in total. The number of carbonyl (C=O) groups is 2. The number of nitriles is 1. The predicted octanol–water partition coefficient (Wildman–Crippen LogP) is 3.81. The maximum atomic E-state index is 13.2. The number of hydrogen-bond donors (Lipinski definition) is 2. The van der Waals surface area contributed by atoms with Crippen LogP contribution in [0.3, 0.4) is 0 Å². The molecule has 0 saturated carbocycles.